The van der Waals surface area contributed by atoms with Crippen molar-refractivity contribution >= 4 is 29.5 Å². The zero-order valence-electron chi connectivity index (χ0n) is 8.99. The highest BCUT2D eigenvalue weighted by Crippen LogP contribution is 2.34. The molecule has 0 atom stereocenters. The average Bonchev–Trinajstić information content (AvgIpc) is 2.34. The molecule has 2 aromatic rings. The Morgan fingerprint density at radius 1 is 1.00 bits per heavy atom. The molecule has 0 bridgehead atoms. The number of carbonyl (C=O) groups is 1. The Balaban J connectivity index is 2.31. The lowest BCUT2D eigenvalue weighted by molar-refractivity contribution is 0.112. The molecule has 0 N–H and O–H groups in total. The van der Waals surface area contributed by atoms with Gasteiger partial charge in [-0.2, -0.15) is 0 Å². The molecule has 0 saturated carbocycles. The van der Waals surface area contributed by atoms with Crippen molar-refractivity contribution in [3.63, 3.8) is 0 Å². The summed E-state index contributed by atoms with van der Waals surface area (Å²) in [5.74, 6) is 0.185. The second-order valence-corrected chi connectivity index (χ2v) is 4.30. The fraction of sp³-hybridized carbons (Fsp3) is 0. The molecule has 0 heterocycles. The van der Waals surface area contributed by atoms with Crippen molar-refractivity contribution in [2.24, 2.45) is 0 Å². The minimum atomic E-state index is -0.449. The predicted octanol–water partition coefficient (Wildman–Crippen LogP) is 4.74. The first-order chi connectivity index (χ1) is 8.60. The van der Waals surface area contributed by atoms with Gasteiger partial charge in [-0.25, -0.2) is 4.39 Å². The summed E-state index contributed by atoms with van der Waals surface area (Å²) in [6.45, 7) is 0. The molecule has 0 aliphatic heterocycles. The van der Waals surface area contributed by atoms with Gasteiger partial charge in [-0.1, -0.05) is 23.2 Å². The first kappa shape index (κ1) is 12.9. The fourth-order valence-corrected chi connectivity index (χ4v) is 1.78. The van der Waals surface area contributed by atoms with E-state index in [0.717, 1.165) is 6.07 Å². The third kappa shape index (κ3) is 2.81. The van der Waals surface area contributed by atoms with Crippen LogP contribution in [0.1, 0.15) is 10.4 Å². The molecule has 0 unspecified atom stereocenters. The van der Waals surface area contributed by atoms with Crippen LogP contribution >= 0.6 is 23.2 Å². The Morgan fingerprint density at radius 2 is 1.61 bits per heavy atom. The summed E-state index contributed by atoms with van der Waals surface area (Å²) in [5, 5.41) is 0.422. The van der Waals surface area contributed by atoms with Gasteiger partial charge in [0.1, 0.15) is 23.6 Å². The largest absolute Gasteiger partial charge is 0.454 e. The lowest BCUT2D eigenvalue weighted by Crippen LogP contribution is -1.88. The van der Waals surface area contributed by atoms with Crippen LogP contribution in [0.2, 0.25) is 10.0 Å². The van der Waals surface area contributed by atoms with Crippen LogP contribution < -0.4 is 4.74 Å². The van der Waals surface area contributed by atoms with E-state index in [1.807, 2.05) is 0 Å². The van der Waals surface area contributed by atoms with E-state index in [4.69, 9.17) is 27.9 Å². The number of aldehydes is 1. The molecule has 0 aliphatic carbocycles. The number of hydrogen-bond donors (Lipinski definition) is 0. The van der Waals surface area contributed by atoms with Crippen molar-refractivity contribution in [2.45, 2.75) is 0 Å². The highest BCUT2D eigenvalue weighted by Gasteiger charge is 2.08. The van der Waals surface area contributed by atoms with Crippen molar-refractivity contribution in [2.75, 3.05) is 0 Å². The molecule has 2 aromatic carbocycles. The van der Waals surface area contributed by atoms with E-state index in [1.54, 1.807) is 12.1 Å². The topological polar surface area (TPSA) is 26.3 Å². The fourth-order valence-electron chi connectivity index (χ4n) is 1.35. The first-order valence-electron chi connectivity index (χ1n) is 4.98. The van der Waals surface area contributed by atoms with Crippen LogP contribution in [0.5, 0.6) is 11.5 Å². The summed E-state index contributed by atoms with van der Waals surface area (Å²) in [5.41, 5.74) is 0.442. The van der Waals surface area contributed by atoms with Crippen LogP contribution in [0, 0.1) is 5.82 Å². The Labute approximate surface area is 113 Å². The normalized spacial score (nSPS) is 10.2. The van der Waals surface area contributed by atoms with Crippen molar-refractivity contribution in [1.82, 2.24) is 0 Å². The number of hydrogen-bond acceptors (Lipinski definition) is 2. The van der Waals surface area contributed by atoms with Gasteiger partial charge < -0.3 is 4.74 Å². The molecule has 18 heavy (non-hydrogen) atoms. The summed E-state index contributed by atoms with van der Waals surface area (Å²) in [6.07, 6.45) is 0.681. The molecule has 92 valence electrons. The summed E-state index contributed by atoms with van der Waals surface area (Å²) in [4.78, 5) is 10.6. The second kappa shape index (κ2) is 5.38. The van der Waals surface area contributed by atoms with Gasteiger partial charge in [-0.05, 0) is 36.4 Å². The van der Waals surface area contributed by atoms with E-state index >= 15 is 0 Å². The Bertz CT molecular complexity index is 600. The molecule has 0 fully saturated rings. The highest BCUT2D eigenvalue weighted by molar-refractivity contribution is 6.33. The Kier molecular flexibility index (Phi) is 3.84. The van der Waals surface area contributed by atoms with Crippen LogP contribution in [-0.2, 0) is 0 Å². The van der Waals surface area contributed by atoms with Gasteiger partial charge in [0.05, 0.1) is 10.0 Å². The predicted molar refractivity (Wildman–Crippen MR) is 68.3 cm³/mol. The number of benzene rings is 2. The third-order valence-electron chi connectivity index (χ3n) is 2.21. The maximum atomic E-state index is 12.9. The summed E-state index contributed by atoms with van der Waals surface area (Å²) < 4.78 is 18.3. The van der Waals surface area contributed by atoms with E-state index < -0.39 is 5.82 Å². The molecule has 0 aliphatic rings. The van der Waals surface area contributed by atoms with Crippen LogP contribution in [0.15, 0.2) is 36.4 Å². The molecule has 2 nitrogen and oxygen atoms in total. The van der Waals surface area contributed by atoms with Crippen LogP contribution in [0.4, 0.5) is 4.39 Å². The van der Waals surface area contributed by atoms with Crippen molar-refractivity contribution in [1.29, 1.82) is 0 Å². The van der Waals surface area contributed by atoms with Gasteiger partial charge in [-0.3, -0.25) is 4.79 Å². The molecule has 0 amide bonds. The van der Waals surface area contributed by atoms with Gasteiger partial charge in [0.2, 0.25) is 0 Å². The lowest BCUT2D eigenvalue weighted by Gasteiger charge is -2.09. The Hall–Kier alpha value is -1.58. The van der Waals surface area contributed by atoms with Crippen LogP contribution in [0.25, 0.3) is 0 Å². The van der Waals surface area contributed by atoms with Gasteiger partial charge >= 0.3 is 0 Å². The molecular formula is C13H7Cl2FO2. The molecule has 5 heteroatoms. The van der Waals surface area contributed by atoms with Crippen LogP contribution in [0.3, 0.4) is 0 Å². The van der Waals surface area contributed by atoms with E-state index in [9.17, 15) is 9.18 Å². The van der Waals surface area contributed by atoms with E-state index in [2.05, 4.69) is 0 Å². The number of halogens is 3. The van der Waals surface area contributed by atoms with E-state index in [0.29, 0.717) is 23.3 Å². The SMILES string of the molecule is O=Cc1ccc(Oc2ccc(F)cc2Cl)c(Cl)c1. The molecule has 2 rings (SSSR count). The second-order valence-electron chi connectivity index (χ2n) is 3.48. The third-order valence-corrected chi connectivity index (χ3v) is 2.80. The molecular weight excluding hydrogens is 278 g/mol. The highest BCUT2D eigenvalue weighted by atomic mass is 35.5. The molecule has 0 radical (unpaired) electrons. The quantitative estimate of drug-likeness (QED) is 0.761. The minimum absolute atomic E-state index is 0.144. The van der Waals surface area contributed by atoms with Crippen molar-refractivity contribution in [3.05, 3.63) is 57.8 Å². The standard InChI is InChI=1S/C13H7Cl2FO2/c14-10-5-8(7-17)1-3-12(10)18-13-4-2-9(16)6-11(13)15/h1-7H. The lowest BCUT2D eigenvalue weighted by atomic mass is 10.2. The zero-order chi connectivity index (χ0) is 13.1. The summed E-state index contributed by atoms with van der Waals surface area (Å²) in [6, 6.07) is 8.36. The molecule has 0 aromatic heterocycles. The van der Waals surface area contributed by atoms with Gasteiger partial charge in [-0.15, -0.1) is 0 Å². The van der Waals surface area contributed by atoms with E-state index in [1.165, 1.54) is 18.2 Å². The average molecular weight is 285 g/mol. The summed E-state index contributed by atoms with van der Waals surface area (Å²) >= 11 is 11.8. The van der Waals surface area contributed by atoms with Crippen molar-refractivity contribution < 1.29 is 13.9 Å². The maximum Gasteiger partial charge on any atom is 0.150 e. The molecule has 0 spiro atoms. The molecule has 0 saturated heterocycles. The number of carbonyl (C=O) groups excluding carboxylic acids is 1. The van der Waals surface area contributed by atoms with E-state index in [-0.39, 0.29) is 10.0 Å². The zero-order valence-corrected chi connectivity index (χ0v) is 10.5. The summed E-state index contributed by atoms with van der Waals surface area (Å²) in [7, 11) is 0. The van der Waals surface area contributed by atoms with Crippen LogP contribution in [-0.4, -0.2) is 6.29 Å². The van der Waals surface area contributed by atoms with Gasteiger partial charge in [0, 0.05) is 5.56 Å². The Morgan fingerprint density at radius 3 is 2.17 bits per heavy atom. The minimum Gasteiger partial charge on any atom is -0.454 e. The number of ether oxygens (including phenoxy) is 1. The van der Waals surface area contributed by atoms with Crippen molar-refractivity contribution in [3.8, 4) is 11.5 Å². The maximum absolute atomic E-state index is 12.9. The number of rotatable bonds is 3. The smallest absolute Gasteiger partial charge is 0.150 e. The first-order valence-corrected chi connectivity index (χ1v) is 5.73. The van der Waals surface area contributed by atoms with Gasteiger partial charge in [0.25, 0.3) is 0 Å². The monoisotopic (exact) mass is 284 g/mol. The van der Waals surface area contributed by atoms with Gasteiger partial charge in [0.15, 0.2) is 0 Å².